The number of hydrogen-bond acceptors (Lipinski definition) is 6. The molecule has 6 rings (SSSR count). The van der Waals surface area contributed by atoms with E-state index >= 15 is 0 Å². The monoisotopic (exact) mass is 484 g/mol. The summed E-state index contributed by atoms with van der Waals surface area (Å²) in [7, 11) is 0. The van der Waals surface area contributed by atoms with Crippen molar-refractivity contribution in [3.05, 3.63) is 59.9 Å². The van der Waals surface area contributed by atoms with Gasteiger partial charge in [0.15, 0.2) is 5.82 Å². The number of urea groups is 1. The predicted molar refractivity (Wildman–Crippen MR) is 141 cm³/mol. The van der Waals surface area contributed by atoms with Crippen LogP contribution >= 0.6 is 0 Å². The van der Waals surface area contributed by atoms with Crippen LogP contribution in [-0.4, -0.2) is 56.7 Å². The molecule has 0 bridgehead atoms. The molecule has 1 aliphatic carbocycles. The summed E-state index contributed by atoms with van der Waals surface area (Å²) < 4.78 is 1.86. The smallest absolute Gasteiger partial charge is 0.314 e. The van der Waals surface area contributed by atoms with Crippen molar-refractivity contribution < 1.29 is 4.79 Å². The fraction of sp³-hybridized carbons (Fsp3) is 0.407. The number of fused-ring (bicyclic) bond motifs is 2. The molecule has 3 heterocycles. The number of anilines is 2. The minimum absolute atomic E-state index is 0.0545. The van der Waals surface area contributed by atoms with Gasteiger partial charge in [0.1, 0.15) is 11.6 Å². The number of nitrogens with two attached hydrogens (primary N) is 1. The molecular formula is C27H32N8O. The number of hydrogen-bond donors (Lipinski definition) is 2. The van der Waals surface area contributed by atoms with E-state index in [1.54, 1.807) is 4.90 Å². The Labute approximate surface area is 210 Å². The van der Waals surface area contributed by atoms with Crippen LogP contribution in [0.2, 0.25) is 0 Å². The third kappa shape index (κ3) is 4.29. The zero-order valence-corrected chi connectivity index (χ0v) is 20.6. The standard InChI is InChI=1S/C27H32N8O/c1-18(21-11-10-19-6-2-5-9-22(19)16-21)29-24-17-23(33-12-14-34(15-13-33)26(28)36)30-27-31-25(32-35(24)27)20-7-3-4-8-20/h2,5-6,9-11,16-18,20,29H,3-4,7-8,12-15H2,1H3,(H2,28,36)/t18-/m1/s1. The average molecular weight is 485 g/mol. The van der Waals surface area contributed by atoms with Gasteiger partial charge in [-0.3, -0.25) is 0 Å². The Kier molecular flexibility index (Phi) is 5.83. The van der Waals surface area contributed by atoms with Gasteiger partial charge in [0.25, 0.3) is 5.78 Å². The molecule has 1 saturated heterocycles. The zero-order valence-electron chi connectivity index (χ0n) is 20.6. The molecule has 1 atom stereocenters. The Balaban J connectivity index is 1.34. The summed E-state index contributed by atoms with van der Waals surface area (Å²) in [5.41, 5.74) is 6.68. The first kappa shape index (κ1) is 22.6. The van der Waals surface area contributed by atoms with Gasteiger partial charge in [0.05, 0.1) is 0 Å². The Morgan fingerprint density at radius 3 is 2.50 bits per heavy atom. The highest BCUT2D eigenvalue weighted by Gasteiger charge is 2.25. The van der Waals surface area contributed by atoms with Crippen molar-refractivity contribution in [1.82, 2.24) is 24.5 Å². The minimum atomic E-state index is -0.372. The summed E-state index contributed by atoms with van der Waals surface area (Å²) in [5, 5.41) is 11.0. The second-order valence-electron chi connectivity index (χ2n) is 9.95. The fourth-order valence-corrected chi connectivity index (χ4v) is 5.43. The molecule has 4 aromatic rings. The molecular weight excluding hydrogens is 452 g/mol. The fourth-order valence-electron chi connectivity index (χ4n) is 5.43. The van der Waals surface area contributed by atoms with Gasteiger partial charge in [-0.15, -0.1) is 5.10 Å². The molecule has 9 nitrogen and oxygen atoms in total. The summed E-state index contributed by atoms with van der Waals surface area (Å²) in [6, 6.07) is 16.7. The zero-order chi connectivity index (χ0) is 24.6. The number of carbonyl (C=O) groups excluding carboxylic acids is 1. The van der Waals surface area contributed by atoms with Crippen LogP contribution in [0, 0.1) is 0 Å². The minimum Gasteiger partial charge on any atom is -0.363 e. The second kappa shape index (κ2) is 9.29. The van der Waals surface area contributed by atoms with Crippen LogP contribution in [0.25, 0.3) is 16.6 Å². The van der Waals surface area contributed by atoms with Crippen LogP contribution in [0.3, 0.4) is 0 Å². The van der Waals surface area contributed by atoms with E-state index in [1.807, 2.05) is 4.52 Å². The molecule has 2 fully saturated rings. The van der Waals surface area contributed by atoms with Crippen LogP contribution in [-0.2, 0) is 0 Å². The molecule has 1 aliphatic heterocycles. The van der Waals surface area contributed by atoms with Crippen LogP contribution in [0.15, 0.2) is 48.5 Å². The van der Waals surface area contributed by atoms with Gasteiger partial charge < -0.3 is 20.9 Å². The number of amides is 2. The topological polar surface area (TPSA) is 105 Å². The van der Waals surface area contributed by atoms with Gasteiger partial charge in [-0.1, -0.05) is 49.2 Å². The molecule has 0 spiro atoms. The summed E-state index contributed by atoms with van der Waals surface area (Å²) >= 11 is 0. The lowest BCUT2D eigenvalue weighted by Crippen LogP contribution is -2.50. The molecule has 2 aromatic carbocycles. The predicted octanol–water partition coefficient (Wildman–Crippen LogP) is 4.31. The maximum atomic E-state index is 11.6. The van der Waals surface area contributed by atoms with Crippen LogP contribution < -0.4 is 16.0 Å². The van der Waals surface area contributed by atoms with Crippen molar-refractivity contribution >= 4 is 34.2 Å². The normalized spacial score (nSPS) is 17.7. The summed E-state index contributed by atoms with van der Waals surface area (Å²) in [6.45, 7) is 4.68. The van der Waals surface area contributed by atoms with E-state index in [2.05, 4.69) is 65.7 Å². The highest BCUT2D eigenvalue weighted by Crippen LogP contribution is 2.33. The number of piperazine rings is 1. The molecule has 2 aromatic heterocycles. The van der Waals surface area contributed by atoms with Gasteiger partial charge >= 0.3 is 6.03 Å². The van der Waals surface area contributed by atoms with Crippen LogP contribution in [0.4, 0.5) is 16.4 Å². The van der Waals surface area contributed by atoms with Crippen molar-refractivity contribution in [2.24, 2.45) is 5.73 Å². The maximum Gasteiger partial charge on any atom is 0.314 e. The molecule has 36 heavy (non-hydrogen) atoms. The van der Waals surface area contributed by atoms with Crippen molar-refractivity contribution in [2.45, 2.75) is 44.6 Å². The van der Waals surface area contributed by atoms with Crippen LogP contribution in [0.1, 0.15) is 56.0 Å². The molecule has 2 amide bonds. The molecule has 9 heteroatoms. The van der Waals surface area contributed by atoms with E-state index < -0.39 is 0 Å². The van der Waals surface area contributed by atoms with Crippen molar-refractivity contribution in [3.8, 4) is 0 Å². The van der Waals surface area contributed by atoms with E-state index in [-0.39, 0.29) is 12.1 Å². The Morgan fingerprint density at radius 1 is 1.00 bits per heavy atom. The summed E-state index contributed by atoms with van der Waals surface area (Å²) in [5.74, 6) is 3.60. The van der Waals surface area contributed by atoms with E-state index in [9.17, 15) is 4.79 Å². The van der Waals surface area contributed by atoms with Crippen molar-refractivity contribution in [1.29, 1.82) is 0 Å². The van der Waals surface area contributed by atoms with Gasteiger partial charge in [-0.25, -0.2) is 4.79 Å². The number of carbonyl (C=O) groups is 1. The highest BCUT2D eigenvalue weighted by atomic mass is 16.2. The van der Waals surface area contributed by atoms with Gasteiger partial charge in [-0.05, 0) is 42.2 Å². The van der Waals surface area contributed by atoms with Crippen molar-refractivity contribution in [3.63, 3.8) is 0 Å². The lowest BCUT2D eigenvalue weighted by atomic mass is 10.0. The number of primary amides is 1. The van der Waals surface area contributed by atoms with E-state index in [1.165, 1.54) is 29.2 Å². The Bertz CT molecular complexity index is 1400. The third-order valence-electron chi connectivity index (χ3n) is 7.59. The first-order chi connectivity index (χ1) is 17.5. The maximum absolute atomic E-state index is 11.6. The second-order valence-corrected chi connectivity index (χ2v) is 9.95. The quantitative estimate of drug-likeness (QED) is 0.437. The van der Waals surface area contributed by atoms with E-state index in [4.69, 9.17) is 20.8 Å². The van der Waals surface area contributed by atoms with Crippen LogP contribution in [0.5, 0.6) is 0 Å². The van der Waals surface area contributed by atoms with Gasteiger partial charge in [0.2, 0.25) is 0 Å². The van der Waals surface area contributed by atoms with E-state index in [0.29, 0.717) is 37.9 Å². The number of benzene rings is 2. The lowest BCUT2D eigenvalue weighted by molar-refractivity contribution is 0.204. The molecule has 0 radical (unpaired) electrons. The molecule has 3 N–H and O–H groups in total. The first-order valence-electron chi connectivity index (χ1n) is 12.9. The SMILES string of the molecule is C[C@@H](Nc1cc(N2CCN(C(N)=O)CC2)nc2nc(C3CCCC3)nn12)c1ccc2ccccc2c1. The number of rotatable bonds is 5. The number of aromatic nitrogens is 4. The number of nitrogens with one attached hydrogen (secondary N) is 1. The lowest BCUT2D eigenvalue weighted by Gasteiger charge is -2.34. The largest absolute Gasteiger partial charge is 0.363 e. The first-order valence-corrected chi connectivity index (χ1v) is 12.9. The summed E-state index contributed by atoms with van der Waals surface area (Å²) in [6.07, 6.45) is 4.73. The Hall–Kier alpha value is -3.88. The Morgan fingerprint density at radius 2 is 1.75 bits per heavy atom. The molecule has 0 unspecified atom stereocenters. The van der Waals surface area contributed by atoms with Crippen molar-refractivity contribution in [2.75, 3.05) is 36.4 Å². The molecule has 186 valence electrons. The highest BCUT2D eigenvalue weighted by molar-refractivity contribution is 5.83. The molecule has 2 aliphatic rings. The van der Waals surface area contributed by atoms with Gasteiger partial charge in [0, 0.05) is 44.2 Å². The van der Waals surface area contributed by atoms with Gasteiger partial charge in [-0.2, -0.15) is 14.5 Å². The van der Waals surface area contributed by atoms with E-state index in [0.717, 1.165) is 30.3 Å². The third-order valence-corrected chi connectivity index (χ3v) is 7.59. The summed E-state index contributed by atoms with van der Waals surface area (Å²) in [4.78, 5) is 25.2. The average Bonchev–Trinajstić information content (AvgIpc) is 3.59. The number of nitrogens with zero attached hydrogens (tertiary/aromatic N) is 6. The molecule has 1 saturated carbocycles.